The first-order chi connectivity index (χ1) is 12.5. The molecule has 26 heavy (non-hydrogen) atoms. The van der Waals surface area contributed by atoms with E-state index in [2.05, 4.69) is 20.1 Å². The minimum absolute atomic E-state index is 0.0832. The summed E-state index contributed by atoms with van der Waals surface area (Å²) in [5, 5.41) is 4.98. The highest BCUT2D eigenvalue weighted by Gasteiger charge is 2.17. The van der Waals surface area contributed by atoms with E-state index in [1.807, 2.05) is 6.07 Å². The lowest BCUT2D eigenvalue weighted by Crippen LogP contribution is -2.32. The summed E-state index contributed by atoms with van der Waals surface area (Å²) in [7, 11) is 2.45. The third-order valence-electron chi connectivity index (χ3n) is 3.31. The van der Waals surface area contributed by atoms with Crippen molar-refractivity contribution in [2.75, 3.05) is 26.3 Å². The number of esters is 2. The Morgan fingerprint density at radius 1 is 0.923 bits per heavy atom. The van der Waals surface area contributed by atoms with E-state index in [4.69, 9.17) is 4.74 Å². The Morgan fingerprint density at radius 3 is 2.27 bits per heavy atom. The molecule has 2 N–H and O–H groups in total. The molecule has 8 nitrogen and oxygen atoms in total. The maximum atomic E-state index is 12.0. The highest BCUT2D eigenvalue weighted by molar-refractivity contribution is 6.03. The highest BCUT2D eigenvalue weighted by atomic mass is 16.5. The molecule has 0 aromatic heterocycles. The Labute approximate surface area is 150 Å². The average molecular weight is 358 g/mol. The molecule has 0 aliphatic heterocycles. The van der Waals surface area contributed by atoms with Crippen LogP contribution in [0.2, 0.25) is 0 Å². The Balaban J connectivity index is 2.06. The van der Waals surface area contributed by atoms with Gasteiger partial charge in [-0.3, -0.25) is 0 Å². The summed E-state index contributed by atoms with van der Waals surface area (Å²) in [6, 6.07) is 12.4. The van der Waals surface area contributed by atoms with E-state index >= 15 is 0 Å². The molecule has 0 saturated carbocycles. The standard InChI is InChI=1S/C18H18N2O6/c1-24-16(21)12-8-9-14(17(22)25-2)15(10-12)20-18(23)19-11-26-13-6-4-3-5-7-13/h3-10H,11H2,1-2H3,(H2,19,20,23). The zero-order valence-corrected chi connectivity index (χ0v) is 14.3. The first-order valence-corrected chi connectivity index (χ1v) is 7.58. The lowest BCUT2D eigenvalue weighted by Gasteiger charge is -2.12. The van der Waals surface area contributed by atoms with Crippen molar-refractivity contribution in [3.63, 3.8) is 0 Å². The SMILES string of the molecule is COC(=O)c1ccc(C(=O)OC)c(NC(=O)NCOc2ccccc2)c1. The number of hydrogen-bond acceptors (Lipinski definition) is 6. The van der Waals surface area contributed by atoms with E-state index in [0.29, 0.717) is 5.75 Å². The van der Waals surface area contributed by atoms with Gasteiger partial charge < -0.3 is 24.8 Å². The Hall–Kier alpha value is -3.55. The van der Waals surface area contributed by atoms with Crippen LogP contribution in [0, 0.1) is 0 Å². The monoisotopic (exact) mass is 358 g/mol. The number of methoxy groups -OCH3 is 2. The molecule has 2 aromatic carbocycles. The topological polar surface area (TPSA) is 103 Å². The first kappa shape index (κ1) is 18.8. The van der Waals surface area contributed by atoms with Crippen molar-refractivity contribution in [3.8, 4) is 5.75 Å². The summed E-state index contributed by atoms with van der Waals surface area (Å²) in [4.78, 5) is 35.5. The second kappa shape index (κ2) is 9.07. The molecular formula is C18H18N2O6. The summed E-state index contributed by atoms with van der Waals surface area (Å²) in [5.74, 6) is -0.662. The number of rotatable bonds is 6. The fourth-order valence-corrected chi connectivity index (χ4v) is 2.05. The number of hydrogen-bond donors (Lipinski definition) is 2. The molecule has 0 unspecified atom stereocenters. The van der Waals surface area contributed by atoms with Gasteiger partial charge in [0.25, 0.3) is 0 Å². The molecule has 0 aliphatic rings. The second-order valence-electron chi connectivity index (χ2n) is 4.98. The van der Waals surface area contributed by atoms with Gasteiger partial charge in [-0.1, -0.05) is 18.2 Å². The molecule has 2 aromatic rings. The lowest BCUT2D eigenvalue weighted by molar-refractivity contribution is 0.0587. The normalized spacial score (nSPS) is 9.77. The predicted octanol–water partition coefficient (Wildman–Crippen LogP) is 2.42. The van der Waals surface area contributed by atoms with Gasteiger partial charge in [0.15, 0.2) is 6.73 Å². The molecule has 0 saturated heterocycles. The Bertz CT molecular complexity index is 792. The molecule has 8 heteroatoms. The third-order valence-corrected chi connectivity index (χ3v) is 3.31. The highest BCUT2D eigenvalue weighted by Crippen LogP contribution is 2.19. The summed E-state index contributed by atoms with van der Waals surface area (Å²) in [6.07, 6.45) is 0. The van der Waals surface area contributed by atoms with Gasteiger partial charge in [-0.25, -0.2) is 14.4 Å². The van der Waals surface area contributed by atoms with Gasteiger partial charge in [0.2, 0.25) is 0 Å². The molecule has 0 atom stereocenters. The summed E-state index contributed by atoms with van der Waals surface area (Å²) in [5.41, 5.74) is 0.382. The number of para-hydroxylation sites is 1. The van der Waals surface area contributed by atoms with E-state index in [-0.39, 0.29) is 23.5 Å². The summed E-state index contributed by atoms with van der Waals surface area (Å²) >= 11 is 0. The van der Waals surface area contributed by atoms with Crippen molar-refractivity contribution in [2.24, 2.45) is 0 Å². The number of nitrogens with one attached hydrogen (secondary N) is 2. The molecule has 0 aliphatic carbocycles. The number of benzene rings is 2. The maximum Gasteiger partial charge on any atom is 0.339 e. The quantitative estimate of drug-likeness (QED) is 0.607. The molecule has 0 fully saturated rings. The molecule has 0 bridgehead atoms. The molecule has 0 spiro atoms. The third kappa shape index (κ3) is 4.97. The number of urea groups is 1. The van der Waals surface area contributed by atoms with Gasteiger partial charge >= 0.3 is 18.0 Å². The minimum Gasteiger partial charge on any atom is -0.473 e. The zero-order chi connectivity index (χ0) is 18.9. The fraction of sp³-hybridized carbons (Fsp3) is 0.167. The van der Waals surface area contributed by atoms with Crippen LogP contribution in [0.1, 0.15) is 20.7 Å². The molecule has 0 heterocycles. The number of anilines is 1. The van der Waals surface area contributed by atoms with E-state index < -0.39 is 18.0 Å². The number of carbonyl (C=O) groups excluding carboxylic acids is 3. The van der Waals surface area contributed by atoms with Crippen molar-refractivity contribution in [3.05, 3.63) is 59.7 Å². The van der Waals surface area contributed by atoms with E-state index in [9.17, 15) is 14.4 Å². The van der Waals surface area contributed by atoms with E-state index in [1.165, 1.54) is 32.4 Å². The van der Waals surface area contributed by atoms with Gasteiger partial charge in [0, 0.05) is 0 Å². The Morgan fingerprint density at radius 2 is 1.62 bits per heavy atom. The smallest absolute Gasteiger partial charge is 0.339 e. The van der Waals surface area contributed by atoms with Crippen LogP contribution in [0.15, 0.2) is 48.5 Å². The van der Waals surface area contributed by atoms with Crippen LogP contribution in [0.25, 0.3) is 0 Å². The van der Waals surface area contributed by atoms with Crippen molar-refractivity contribution >= 4 is 23.7 Å². The fourth-order valence-electron chi connectivity index (χ4n) is 2.05. The van der Waals surface area contributed by atoms with E-state index in [1.54, 1.807) is 24.3 Å². The largest absolute Gasteiger partial charge is 0.473 e. The van der Waals surface area contributed by atoms with Crippen LogP contribution in [0.3, 0.4) is 0 Å². The lowest BCUT2D eigenvalue weighted by atomic mass is 10.1. The average Bonchev–Trinajstić information content (AvgIpc) is 2.67. The number of carbonyl (C=O) groups is 3. The van der Waals surface area contributed by atoms with Gasteiger partial charge in [0.1, 0.15) is 5.75 Å². The van der Waals surface area contributed by atoms with Crippen LogP contribution in [-0.2, 0) is 9.47 Å². The van der Waals surface area contributed by atoms with Crippen LogP contribution in [-0.4, -0.2) is 38.9 Å². The van der Waals surface area contributed by atoms with Crippen LogP contribution in [0.4, 0.5) is 10.5 Å². The molecule has 136 valence electrons. The maximum absolute atomic E-state index is 12.0. The van der Waals surface area contributed by atoms with Gasteiger partial charge in [-0.2, -0.15) is 0 Å². The molecule has 0 radical (unpaired) electrons. The van der Waals surface area contributed by atoms with Crippen LogP contribution < -0.4 is 15.4 Å². The predicted molar refractivity (Wildman–Crippen MR) is 93.2 cm³/mol. The first-order valence-electron chi connectivity index (χ1n) is 7.58. The Kier molecular flexibility index (Phi) is 6.55. The van der Waals surface area contributed by atoms with Crippen LogP contribution in [0.5, 0.6) is 5.75 Å². The van der Waals surface area contributed by atoms with E-state index in [0.717, 1.165) is 0 Å². The van der Waals surface area contributed by atoms with Crippen molar-refractivity contribution < 1.29 is 28.6 Å². The van der Waals surface area contributed by atoms with Crippen molar-refractivity contribution in [1.29, 1.82) is 0 Å². The minimum atomic E-state index is -0.655. The van der Waals surface area contributed by atoms with Crippen LogP contribution >= 0.6 is 0 Å². The second-order valence-corrected chi connectivity index (χ2v) is 4.98. The van der Waals surface area contributed by atoms with Crippen molar-refractivity contribution in [2.45, 2.75) is 0 Å². The molecule has 2 amide bonds. The van der Waals surface area contributed by atoms with Gasteiger partial charge in [-0.15, -0.1) is 0 Å². The summed E-state index contributed by atoms with van der Waals surface area (Å²) in [6.45, 7) is -0.0832. The van der Waals surface area contributed by atoms with Gasteiger partial charge in [-0.05, 0) is 30.3 Å². The molecule has 2 rings (SSSR count). The number of amides is 2. The molecular weight excluding hydrogens is 340 g/mol. The van der Waals surface area contributed by atoms with Crippen molar-refractivity contribution in [1.82, 2.24) is 5.32 Å². The van der Waals surface area contributed by atoms with Gasteiger partial charge in [0.05, 0.1) is 31.0 Å². The number of ether oxygens (including phenoxy) is 3. The zero-order valence-electron chi connectivity index (χ0n) is 14.3. The summed E-state index contributed by atoms with van der Waals surface area (Å²) < 4.78 is 14.7.